The third-order valence-corrected chi connectivity index (χ3v) is 6.38. The molecule has 1 saturated heterocycles. The van der Waals surface area contributed by atoms with Crippen molar-refractivity contribution in [2.24, 2.45) is 5.73 Å². The van der Waals surface area contributed by atoms with Gasteiger partial charge in [0, 0.05) is 25.3 Å². The summed E-state index contributed by atoms with van der Waals surface area (Å²) in [6, 6.07) is 15.3. The average molecular weight is 359 g/mol. The zero-order chi connectivity index (χ0) is 17.7. The number of nitrogens with two attached hydrogens (primary N) is 1. The number of nitrogens with one attached hydrogen (secondary N) is 1. The van der Waals surface area contributed by atoms with E-state index in [0.717, 1.165) is 42.6 Å². The van der Waals surface area contributed by atoms with Crippen LogP contribution in [0.15, 0.2) is 53.4 Å². The van der Waals surface area contributed by atoms with Crippen LogP contribution in [-0.2, 0) is 10.0 Å². The molecule has 2 aromatic carbocycles. The molecule has 0 unspecified atom stereocenters. The number of sulfonamides is 1. The van der Waals surface area contributed by atoms with Crippen molar-refractivity contribution < 1.29 is 8.42 Å². The highest BCUT2D eigenvalue weighted by Crippen LogP contribution is 2.26. The summed E-state index contributed by atoms with van der Waals surface area (Å²) in [5.74, 6) is 0. The molecule has 0 bridgehead atoms. The summed E-state index contributed by atoms with van der Waals surface area (Å²) >= 11 is 0. The van der Waals surface area contributed by atoms with Crippen molar-refractivity contribution in [3.63, 3.8) is 0 Å². The Hall–Kier alpha value is -1.89. The quantitative estimate of drug-likeness (QED) is 0.746. The first-order chi connectivity index (χ1) is 12.1. The van der Waals surface area contributed by atoms with Gasteiger partial charge in [-0.2, -0.15) is 4.31 Å². The highest BCUT2D eigenvalue weighted by atomic mass is 32.2. The number of anilines is 1. The average Bonchev–Trinajstić information content (AvgIpc) is 3.18. The predicted molar refractivity (Wildman–Crippen MR) is 102 cm³/mol. The van der Waals surface area contributed by atoms with E-state index in [-0.39, 0.29) is 0 Å². The van der Waals surface area contributed by atoms with Gasteiger partial charge in [0.05, 0.1) is 4.90 Å². The molecule has 0 atom stereocenters. The number of rotatable bonds is 7. The summed E-state index contributed by atoms with van der Waals surface area (Å²) in [4.78, 5) is 0.371. The van der Waals surface area contributed by atoms with E-state index in [0.29, 0.717) is 24.5 Å². The fourth-order valence-corrected chi connectivity index (χ4v) is 4.56. The van der Waals surface area contributed by atoms with Gasteiger partial charge in [0.25, 0.3) is 0 Å². The Kier molecular flexibility index (Phi) is 5.73. The molecule has 3 rings (SSSR count). The van der Waals surface area contributed by atoms with Crippen LogP contribution >= 0.6 is 0 Å². The largest absolute Gasteiger partial charge is 0.385 e. The minimum Gasteiger partial charge on any atom is -0.385 e. The van der Waals surface area contributed by atoms with E-state index in [1.54, 1.807) is 16.4 Å². The van der Waals surface area contributed by atoms with E-state index in [2.05, 4.69) is 11.4 Å². The molecular formula is C19H25N3O2S. The van der Waals surface area contributed by atoms with Crippen LogP contribution in [0.5, 0.6) is 0 Å². The van der Waals surface area contributed by atoms with Gasteiger partial charge in [-0.15, -0.1) is 0 Å². The Morgan fingerprint density at radius 1 is 1.00 bits per heavy atom. The predicted octanol–water partition coefficient (Wildman–Crippen LogP) is 2.90. The van der Waals surface area contributed by atoms with Gasteiger partial charge in [0.2, 0.25) is 10.0 Å². The molecule has 0 aromatic heterocycles. The van der Waals surface area contributed by atoms with Crippen LogP contribution in [0.3, 0.4) is 0 Å². The molecule has 0 amide bonds. The number of hydrogen-bond donors (Lipinski definition) is 2. The summed E-state index contributed by atoms with van der Waals surface area (Å²) in [6.07, 6.45) is 2.82. The highest BCUT2D eigenvalue weighted by Gasteiger charge is 2.26. The number of nitrogens with zero attached hydrogens (tertiary/aromatic N) is 1. The molecule has 0 saturated carbocycles. The van der Waals surface area contributed by atoms with Gasteiger partial charge in [0.15, 0.2) is 0 Å². The molecule has 0 aliphatic carbocycles. The van der Waals surface area contributed by atoms with Crippen LogP contribution in [0.1, 0.15) is 19.3 Å². The minimum absolute atomic E-state index is 0.371. The third kappa shape index (κ3) is 4.21. The van der Waals surface area contributed by atoms with Crippen LogP contribution < -0.4 is 11.1 Å². The summed E-state index contributed by atoms with van der Waals surface area (Å²) in [5, 5.41) is 3.35. The van der Waals surface area contributed by atoms with E-state index < -0.39 is 10.0 Å². The molecule has 1 fully saturated rings. The first-order valence-corrected chi connectivity index (χ1v) is 10.2. The van der Waals surface area contributed by atoms with Gasteiger partial charge in [-0.05, 0) is 61.2 Å². The van der Waals surface area contributed by atoms with Crippen molar-refractivity contribution in [1.82, 2.24) is 4.31 Å². The van der Waals surface area contributed by atoms with Crippen LogP contribution in [0.2, 0.25) is 0 Å². The molecule has 1 aliphatic heterocycles. The maximum Gasteiger partial charge on any atom is 0.243 e. The van der Waals surface area contributed by atoms with E-state index in [4.69, 9.17) is 5.73 Å². The van der Waals surface area contributed by atoms with Gasteiger partial charge < -0.3 is 11.1 Å². The van der Waals surface area contributed by atoms with Gasteiger partial charge in [0.1, 0.15) is 0 Å². The summed E-state index contributed by atoms with van der Waals surface area (Å²) in [6.45, 7) is 2.76. The maximum atomic E-state index is 12.6. The second-order valence-corrected chi connectivity index (χ2v) is 8.22. The van der Waals surface area contributed by atoms with E-state index in [1.807, 2.05) is 30.3 Å². The van der Waals surface area contributed by atoms with Crippen molar-refractivity contribution in [1.29, 1.82) is 0 Å². The van der Waals surface area contributed by atoms with Gasteiger partial charge in [-0.1, -0.05) is 24.3 Å². The van der Waals surface area contributed by atoms with Crippen molar-refractivity contribution in [2.45, 2.75) is 24.2 Å². The minimum atomic E-state index is -3.35. The van der Waals surface area contributed by atoms with Crippen LogP contribution in [0, 0.1) is 0 Å². The van der Waals surface area contributed by atoms with Crippen LogP contribution in [-0.4, -0.2) is 38.9 Å². The first-order valence-electron chi connectivity index (χ1n) is 8.76. The molecule has 1 aliphatic rings. The standard InChI is InChI=1S/C19H25N3O2S/c20-11-4-12-21-18-6-3-5-17(15-18)16-7-9-19(10-8-16)25(23,24)22-13-1-2-14-22/h3,5-10,15,21H,1-2,4,11-14,20H2. The second kappa shape index (κ2) is 7.99. The summed E-state index contributed by atoms with van der Waals surface area (Å²) in [7, 11) is -3.35. The van der Waals surface area contributed by atoms with Crippen molar-refractivity contribution >= 4 is 15.7 Å². The smallest absolute Gasteiger partial charge is 0.243 e. The van der Waals surface area contributed by atoms with Crippen molar-refractivity contribution in [3.8, 4) is 11.1 Å². The monoisotopic (exact) mass is 359 g/mol. The van der Waals surface area contributed by atoms with Gasteiger partial charge in [-0.3, -0.25) is 0 Å². The summed E-state index contributed by atoms with van der Waals surface area (Å²) < 4.78 is 26.8. The Morgan fingerprint density at radius 3 is 2.40 bits per heavy atom. The molecule has 5 nitrogen and oxygen atoms in total. The van der Waals surface area contributed by atoms with E-state index in [1.165, 1.54) is 0 Å². The molecule has 1 heterocycles. The Labute approximate surface area is 149 Å². The molecule has 134 valence electrons. The molecule has 3 N–H and O–H groups in total. The van der Waals surface area contributed by atoms with Crippen molar-refractivity contribution in [3.05, 3.63) is 48.5 Å². The van der Waals surface area contributed by atoms with Gasteiger partial charge >= 0.3 is 0 Å². The normalized spacial score (nSPS) is 15.4. The lowest BCUT2D eigenvalue weighted by molar-refractivity contribution is 0.477. The Balaban J connectivity index is 1.77. The molecular weight excluding hydrogens is 334 g/mol. The van der Waals surface area contributed by atoms with E-state index >= 15 is 0 Å². The maximum absolute atomic E-state index is 12.6. The fraction of sp³-hybridized carbons (Fsp3) is 0.368. The number of hydrogen-bond acceptors (Lipinski definition) is 4. The van der Waals surface area contributed by atoms with Crippen LogP contribution in [0.4, 0.5) is 5.69 Å². The van der Waals surface area contributed by atoms with Gasteiger partial charge in [-0.25, -0.2) is 8.42 Å². The topological polar surface area (TPSA) is 75.4 Å². The Bertz CT molecular complexity index is 798. The first kappa shape index (κ1) is 17.9. The highest BCUT2D eigenvalue weighted by molar-refractivity contribution is 7.89. The van der Waals surface area contributed by atoms with Crippen LogP contribution in [0.25, 0.3) is 11.1 Å². The molecule has 2 aromatic rings. The number of benzene rings is 2. The second-order valence-electron chi connectivity index (χ2n) is 6.29. The zero-order valence-corrected chi connectivity index (χ0v) is 15.1. The fourth-order valence-electron chi connectivity index (χ4n) is 3.04. The SMILES string of the molecule is NCCCNc1cccc(-c2ccc(S(=O)(=O)N3CCCC3)cc2)c1. The molecule has 0 spiro atoms. The lowest BCUT2D eigenvalue weighted by Crippen LogP contribution is -2.27. The molecule has 0 radical (unpaired) electrons. The Morgan fingerprint density at radius 2 is 1.72 bits per heavy atom. The van der Waals surface area contributed by atoms with E-state index in [9.17, 15) is 8.42 Å². The summed E-state index contributed by atoms with van der Waals surface area (Å²) in [5.41, 5.74) is 8.62. The lowest BCUT2D eigenvalue weighted by Gasteiger charge is -2.15. The third-order valence-electron chi connectivity index (χ3n) is 4.46. The lowest BCUT2D eigenvalue weighted by atomic mass is 10.1. The molecule has 25 heavy (non-hydrogen) atoms. The zero-order valence-electron chi connectivity index (χ0n) is 14.3. The van der Waals surface area contributed by atoms with Crippen molar-refractivity contribution in [2.75, 3.05) is 31.5 Å². The molecule has 6 heteroatoms.